The van der Waals surface area contributed by atoms with Crippen molar-refractivity contribution in [3.63, 3.8) is 0 Å². The lowest BCUT2D eigenvalue weighted by Crippen LogP contribution is -2.31. The van der Waals surface area contributed by atoms with Gasteiger partial charge in [-0.05, 0) is 51.7 Å². The highest BCUT2D eigenvalue weighted by Gasteiger charge is 2.07. The lowest BCUT2D eigenvalue weighted by Gasteiger charge is -2.24. The topological polar surface area (TPSA) is 15.3 Å². The Bertz CT molecular complexity index is 159. The molecule has 0 saturated heterocycles. The number of nitrogens with one attached hydrogen (secondary N) is 1. The van der Waals surface area contributed by atoms with Gasteiger partial charge in [-0.2, -0.15) is 0 Å². The summed E-state index contributed by atoms with van der Waals surface area (Å²) in [5.74, 6) is 0.839. The Balaban J connectivity index is 3.61. The molecule has 17 heavy (non-hydrogen) atoms. The van der Waals surface area contributed by atoms with Gasteiger partial charge in [-0.15, -0.1) is 0 Å². The predicted molar refractivity (Wildman–Crippen MR) is 78.6 cm³/mol. The fourth-order valence-corrected chi connectivity index (χ4v) is 2.06. The second kappa shape index (κ2) is 11.0. The quantitative estimate of drug-likeness (QED) is 0.596. The second-order valence-corrected chi connectivity index (χ2v) is 5.40. The van der Waals surface area contributed by atoms with Gasteiger partial charge in [-0.1, -0.05) is 34.1 Å². The first kappa shape index (κ1) is 16.9. The molecule has 0 aromatic rings. The lowest BCUT2D eigenvalue weighted by molar-refractivity contribution is 0.238. The van der Waals surface area contributed by atoms with E-state index in [-0.39, 0.29) is 0 Å². The van der Waals surface area contributed by atoms with Gasteiger partial charge in [0, 0.05) is 12.6 Å². The molecule has 0 fully saturated rings. The fourth-order valence-electron chi connectivity index (χ4n) is 2.06. The summed E-state index contributed by atoms with van der Waals surface area (Å²) < 4.78 is 0. The van der Waals surface area contributed by atoms with Gasteiger partial charge in [0.05, 0.1) is 0 Å². The molecule has 0 spiro atoms. The molecular weight excluding hydrogens is 208 g/mol. The highest BCUT2D eigenvalue weighted by atomic mass is 15.1. The van der Waals surface area contributed by atoms with E-state index in [1.807, 2.05) is 0 Å². The monoisotopic (exact) mass is 242 g/mol. The molecule has 0 heterocycles. The van der Waals surface area contributed by atoms with Crippen molar-refractivity contribution in [1.82, 2.24) is 10.2 Å². The minimum Gasteiger partial charge on any atom is -0.314 e. The van der Waals surface area contributed by atoms with Crippen molar-refractivity contribution in [2.45, 2.75) is 66.3 Å². The largest absolute Gasteiger partial charge is 0.314 e. The summed E-state index contributed by atoms with van der Waals surface area (Å²) in [6.07, 6.45) is 5.16. The van der Waals surface area contributed by atoms with E-state index >= 15 is 0 Å². The summed E-state index contributed by atoms with van der Waals surface area (Å²) in [7, 11) is 0. The Morgan fingerprint density at radius 3 is 2.35 bits per heavy atom. The van der Waals surface area contributed by atoms with Crippen LogP contribution in [0.4, 0.5) is 0 Å². The summed E-state index contributed by atoms with van der Waals surface area (Å²) in [6, 6.07) is 0.678. The van der Waals surface area contributed by atoms with Crippen LogP contribution >= 0.6 is 0 Å². The van der Waals surface area contributed by atoms with Crippen molar-refractivity contribution in [2.75, 3.05) is 26.2 Å². The second-order valence-electron chi connectivity index (χ2n) is 5.40. The average molecular weight is 242 g/mol. The van der Waals surface area contributed by atoms with Crippen LogP contribution in [0.15, 0.2) is 0 Å². The van der Waals surface area contributed by atoms with Crippen LogP contribution in [0.5, 0.6) is 0 Å². The Hall–Kier alpha value is -0.0800. The van der Waals surface area contributed by atoms with Gasteiger partial charge in [0.25, 0.3) is 0 Å². The molecule has 0 aromatic carbocycles. The standard InChI is InChI=1S/C15H34N2/c1-6-11-16-15(5)10-9-12-17(8-3)13-14(4)7-2/h14-16H,6-13H2,1-5H3. The Labute approximate surface area is 109 Å². The molecule has 0 saturated carbocycles. The molecule has 0 aliphatic rings. The van der Waals surface area contributed by atoms with E-state index in [0.717, 1.165) is 12.5 Å². The van der Waals surface area contributed by atoms with E-state index < -0.39 is 0 Å². The maximum atomic E-state index is 3.56. The molecule has 2 atom stereocenters. The zero-order valence-electron chi connectivity index (χ0n) is 12.8. The summed E-state index contributed by atoms with van der Waals surface area (Å²) in [4.78, 5) is 2.60. The first-order valence-corrected chi connectivity index (χ1v) is 7.59. The molecule has 1 N–H and O–H groups in total. The Morgan fingerprint density at radius 1 is 1.12 bits per heavy atom. The number of hydrogen-bond donors (Lipinski definition) is 1. The zero-order valence-corrected chi connectivity index (χ0v) is 12.8. The van der Waals surface area contributed by atoms with E-state index in [0.29, 0.717) is 6.04 Å². The van der Waals surface area contributed by atoms with Crippen molar-refractivity contribution in [2.24, 2.45) is 5.92 Å². The molecule has 0 aromatic heterocycles. The summed E-state index contributed by atoms with van der Waals surface area (Å²) >= 11 is 0. The third-order valence-electron chi connectivity index (χ3n) is 3.57. The van der Waals surface area contributed by atoms with Crippen LogP contribution < -0.4 is 5.32 Å². The van der Waals surface area contributed by atoms with Crippen molar-refractivity contribution in [1.29, 1.82) is 0 Å². The fraction of sp³-hybridized carbons (Fsp3) is 1.00. The van der Waals surface area contributed by atoms with E-state index in [2.05, 4.69) is 44.8 Å². The van der Waals surface area contributed by atoms with Gasteiger partial charge in [0.1, 0.15) is 0 Å². The van der Waals surface area contributed by atoms with Gasteiger partial charge in [-0.3, -0.25) is 0 Å². The van der Waals surface area contributed by atoms with Crippen LogP contribution in [0.1, 0.15) is 60.3 Å². The smallest absolute Gasteiger partial charge is 0.00391 e. The SMILES string of the molecule is CCCNC(C)CCCN(CC)CC(C)CC. The van der Waals surface area contributed by atoms with Crippen molar-refractivity contribution >= 4 is 0 Å². The highest BCUT2D eigenvalue weighted by Crippen LogP contribution is 2.06. The maximum absolute atomic E-state index is 3.56. The molecule has 0 aliphatic heterocycles. The van der Waals surface area contributed by atoms with Gasteiger partial charge in [0.15, 0.2) is 0 Å². The predicted octanol–water partition coefficient (Wildman–Crippen LogP) is 3.52. The molecule has 2 unspecified atom stereocenters. The van der Waals surface area contributed by atoms with Crippen molar-refractivity contribution in [3.8, 4) is 0 Å². The first-order chi connectivity index (χ1) is 8.13. The zero-order chi connectivity index (χ0) is 13.1. The van der Waals surface area contributed by atoms with E-state index in [1.54, 1.807) is 0 Å². The van der Waals surface area contributed by atoms with E-state index in [9.17, 15) is 0 Å². The molecule has 104 valence electrons. The minimum atomic E-state index is 0.678. The number of rotatable bonds is 11. The number of hydrogen-bond acceptors (Lipinski definition) is 2. The molecule has 0 radical (unpaired) electrons. The van der Waals surface area contributed by atoms with Crippen LogP contribution in [-0.4, -0.2) is 37.1 Å². The summed E-state index contributed by atoms with van der Waals surface area (Å²) in [5.41, 5.74) is 0. The summed E-state index contributed by atoms with van der Waals surface area (Å²) in [6.45, 7) is 16.3. The third-order valence-corrected chi connectivity index (χ3v) is 3.57. The van der Waals surface area contributed by atoms with Gasteiger partial charge in [-0.25, -0.2) is 0 Å². The molecule has 0 amide bonds. The summed E-state index contributed by atoms with van der Waals surface area (Å²) in [5, 5.41) is 3.56. The highest BCUT2D eigenvalue weighted by molar-refractivity contribution is 4.64. The Morgan fingerprint density at radius 2 is 1.82 bits per heavy atom. The maximum Gasteiger partial charge on any atom is 0.00391 e. The third kappa shape index (κ3) is 9.61. The van der Waals surface area contributed by atoms with Gasteiger partial charge < -0.3 is 10.2 Å². The van der Waals surface area contributed by atoms with E-state index in [1.165, 1.54) is 45.3 Å². The van der Waals surface area contributed by atoms with Crippen LogP contribution in [-0.2, 0) is 0 Å². The van der Waals surface area contributed by atoms with Crippen LogP contribution in [0.2, 0.25) is 0 Å². The van der Waals surface area contributed by atoms with Crippen LogP contribution in [0.25, 0.3) is 0 Å². The molecule has 0 rings (SSSR count). The molecule has 2 heteroatoms. The molecular formula is C15H34N2. The average Bonchev–Trinajstić information content (AvgIpc) is 2.34. The minimum absolute atomic E-state index is 0.678. The normalized spacial score (nSPS) is 15.2. The Kier molecular flexibility index (Phi) is 11.0. The molecule has 0 bridgehead atoms. The molecule has 2 nitrogen and oxygen atoms in total. The van der Waals surface area contributed by atoms with E-state index in [4.69, 9.17) is 0 Å². The number of nitrogens with zero attached hydrogens (tertiary/aromatic N) is 1. The van der Waals surface area contributed by atoms with Crippen molar-refractivity contribution < 1.29 is 0 Å². The lowest BCUT2D eigenvalue weighted by atomic mass is 10.1. The van der Waals surface area contributed by atoms with Crippen LogP contribution in [0, 0.1) is 5.92 Å². The van der Waals surface area contributed by atoms with Crippen LogP contribution in [0.3, 0.4) is 0 Å². The van der Waals surface area contributed by atoms with Gasteiger partial charge >= 0.3 is 0 Å². The van der Waals surface area contributed by atoms with Gasteiger partial charge in [0.2, 0.25) is 0 Å². The first-order valence-electron chi connectivity index (χ1n) is 7.59. The molecule has 0 aliphatic carbocycles. The van der Waals surface area contributed by atoms with Crippen molar-refractivity contribution in [3.05, 3.63) is 0 Å².